The molecule has 7 N–H and O–H groups in total. The van der Waals surface area contributed by atoms with Gasteiger partial charge in [-0.15, -0.1) is 0 Å². The summed E-state index contributed by atoms with van der Waals surface area (Å²) >= 11 is 0. The van der Waals surface area contributed by atoms with E-state index in [2.05, 4.69) is 0 Å². The van der Waals surface area contributed by atoms with Gasteiger partial charge in [-0.2, -0.15) is 0 Å². The van der Waals surface area contributed by atoms with Crippen LogP contribution in [0.25, 0.3) is 0 Å². The van der Waals surface area contributed by atoms with Crippen molar-refractivity contribution >= 4 is 5.78 Å². The first-order valence-corrected chi connectivity index (χ1v) is 11.7. The summed E-state index contributed by atoms with van der Waals surface area (Å²) in [6.45, 7) is 3.00. The number of allylic oxidation sites excluding steroid dienone is 2. The number of aliphatic hydroxyl groups excluding tert-OH is 5. The molecule has 11 heteroatoms. The molecule has 2 aromatic carbocycles. The van der Waals surface area contributed by atoms with Gasteiger partial charge in [0.05, 0.1) is 6.61 Å². The minimum atomic E-state index is -1.71. The Morgan fingerprint density at radius 3 is 2.32 bits per heavy atom. The Balaban J connectivity index is 1.77. The van der Waals surface area contributed by atoms with Gasteiger partial charge in [-0.25, -0.2) is 0 Å². The SMILES string of the molecule is CC(C)=CCc1c(O[C@@H]2O[C@@H](CO)[C@@H](O)[C@@H](O)[C@H]2O)cc2c(c1O)C(=O)[C@@H](O)[C@@H](c1ccc(O)cc1)O2. The third kappa shape index (κ3) is 5.14. The van der Waals surface area contributed by atoms with Gasteiger partial charge in [0.25, 0.3) is 0 Å². The Kier molecular flexibility index (Phi) is 7.74. The number of carbonyl (C=O) groups excluding carboxylic acids is 1. The Bertz CT molecular complexity index is 1170. The maximum atomic E-state index is 13.1. The van der Waals surface area contributed by atoms with Crippen molar-refractivity contribution in [2.45, 2.75) is 63.2 Å². The van der Waals surface area contributed by atoms with Crippen LogP contribution in [-0.2, 0) is 11.2 Å². The molecule has 1 fully saturated rings. The normalized spacial score (nSPS) is 29.3. The number of carbonyl (C=O) groups is 1. The molecular weight excluding hydrogens is 488 g/mol. The van der Waals surface area contributed by atoms with Crippen molar-refractivity contribution < 1.29 is 54.8 Å². The maximum Gasteiger partial charge on any atom is 0.229 e. The number of phenolic OH excluding ortho intramolecular Hbond substituents is 2. The Hall–Kier alpha value is -3.19. The second kappa shape index (κ2) is 10.7. The van der Waals surface area contributed by atoms with Crippen LogP contribution in [0.1, 0.15) is 41.4 Å². The number of hydrogen-bond acceptors (Lipinski definition) is 11. The van der Waals surface area contributed by atoms with E-state index in [1.165, 1.54) is 30.3 Å². The number of Topliss-reactive ketones (excluding diaryl/α,β-unsaturated/α-hetero) is 1. The molecule has 2 heterocycles. The van der Waals surface area contributed by atoms with Crippen LogP contribution in [0.5, 0.6) is 23.0 Å². The summed E-state index contributed by atoms with van der Waals surface area (Å²) in [5.41, 5.74) is 1.17. The molecule has 2 aliphatic rings. The fourth-order valence-corrected chi connectivity index (χ4v) is 4.29. The molecule has 0 aromatic heterocycles. The van der Waals surface area contributed by atoms with Gasteiger partial charge >= 0.3 is 0 Å². The third-order valence-electron chi connectivity index (χ3n) is 6.41. The summed E-state index contributed by atoms with van der Waals surface area (Å²) in [6, 6.07) is 7.02. The van der Waals surface area contributed by atoms with Crippen LogP contribution in [0.3, 0.4) is 0 Å². The second-order valence-electron chi connectivity index (χ2n) is 9.31. The Labute approximate surface area is 212 Å². The smallest absolute Gasteiger partial charge is 0.229 e. The van der Waals surface area contributed by atoms with Crippen LogP contribution < -0.4 is 9.47 Å². The first-order chi connectivity index (χ1) is 17.5. The largest absolute Gasteiger partial charge is 0.508 e. The minimum absolute atomic E-state index is 0.0162. The van der Waals surface area contributed by atoms with Crippen LogP contribution in [-0.4, -0.2) is 84.9 Å². The molecule has 0 aliphatic carbocycles. The molecule has 7 atom stereocenters. The monoisotopic (exact) mass is 518 g/mol. The van der Waals surface area contributed by atoms with E-state index < -0.39 is 61.1 Å². The first kappa shape index (κ1) is 26.9. The van der Waals surface area contributed by atoms with Crippen LogP contribution in [0.15, 0.2) is 42.0 Å². The molecule has 2 aromatic rings. The molecule has 200 valence electrons. The van der Waals surface area contributed by atoms with Crippen molar-refractivity contribution in [3.8, 4) is 23.0 Å². The quantitative estimate of drug-likeness (QED) is 0.263. The number of aliphatic hydroxyl groups is 5. The van der Waals surface area contributed by atoms with Crippen molar-refractivity contribution in [2.24, 2.45) is 0 Å². The highest BCUT2D eigenvalue weighted by molar-refractivity contribution is 6.06. The summed E-state index contributed by atoms with van der Waals surface area (Å²) in [5, 5.41) is 71.5. The van der Waals surface area contributed by atoms with Crippen LogP contribution in [0, 0.1) is 0 Å². The highest BCUT2D eigenvalue weighted by Gasteiger charge is 2.46. The van der Waals surface area contributed by atoms with Crippen molar-refractivity contribution in [3.63, 3.8) is 0 Å². The first-order valence-electron chi connectivity index (χ1n) is 11.7. The standard InChI is InChI=1S/C26H30O11/c1-11(2)3-8-14-15(36-26-24(34)22(32)20(30)17(10-27)37-26)9-16-18(19(14)29)21(31)23(33)25(35-16)12-4-6-13(28)7-5-12/h3-7,9,17,20,22-30,32-34H,8,10H2,1-2H3/t17-,20+,22+,23+,24+,25+,26+/m0/s1. The number of aromatic hydroxyl groups is 2. The summed E-state index contributed by atoms with van der Waals surface area (Å²) in [7, 11) is 0. The Morgan fingerprint density at radius 2 is 1.70 bits per heavy atom. The van der Waals surface area contributed by atoms with Gasteiger partial charge in [0.2, 0.25) is 12.1 Å². The summed E-state index contributed by atoms with van der Waals surface area (Å²) in [5.74, 6) is -1.45. The number of benzene rings is 2. The van der Waals surface area contributed by atoms with E-state index in [9.17, 15) is 40.5 Å². The van der Waals surface area contributed by atoms with E-state index in [0.717, 1.165) is 5.57 Å². The van der Waals surface area contributed by atoms with Crippen LogP contribution in [0.2, 0.25) is 0 Å². The van der Waals surface area contributed by atoms with Gasteiger partial charge in [-0.3, -0.25) is 4.79 Å². The number of rotatable bonds is 6. The van der Waals surface area contributed by atoms with E-state index in [1.807, 2.05) is 13.8 Å². The van der Waals surface area contributed by atoms with E-state index in [0.29, 0.717) is 5.56 Å². The third-order valence-corrected chi connectivity index (χ3v) is 6.41. The summed E-state index contributed by atoms with van der Waals surface area (Å²) < 4.78 is 17.2. The summed E-state index contributed by atoms with van der Waals surface area (Å²) in [4.78, 5) is 13.1. The molecule has 0 bridgehead atoms. The maximum absolute atomic E-state index is 13.1. The molecule has 37 heavy (non-hydrogen) atoms. The molecule has 0 saturated carbocycles. The zero-order valence-electron chi connectivity index (χ0n) is 20.2. The van der Waals surface area contributed by atoms with Gasteiger partial charge in [0.15, 0.2) is 12.2 Å². The van der Waals surface area contributed by atoms with Crippen LogP contribution >= 0.6 is 0 Å². The lowest BCUT2D eigenvalue weighted by Gasteiger charge is -2.40. The van der Waals surface area contributed by atoms with E-state index >= 15 is 0 Å². The zero-order chi connectivity index (χ0) is 27.0. The summed E-state index contributed by atoms with van der Waals surface area (Å²) in [6.07, 6.45) is -8.68. The topological polar surface area (TPSA) is 186 Å². The number of phenols is 2. The highest BCUT2D eigenvalue weighted by atomic mass is 16.7. The fourth-order valence-electron chi connectivity index (χ4n) is 4.29. The molecule has 11 nitrogen and oxygen atoms in total. The van der Waals surface area contributed by atoms with E-state index in [1.54, 1.807) is 6.08 Å². The predicted molar refractivity (Wildman–Crippen MR) is 127 cm³/mol. The van der Waals surface area contributed by atoms with E-state index in [-0.39, 0.29) is 34.8 Å². The molecule has 1 saturated heterocycles. The Morgan fingerprint density at radius 1 is 1.03 bits per heavy atom. The van der Waals surface area contributed by atoms with Crippen molar-refractivity contribution in [1.82, 2.24) is 0 Å². The van der Waals surface area contributed by atoms with Crippen LogP contribution in [0.4, 0.5) is 0 Å². The molecular formula is C26H30O11. The van der Waals surface area contributed by atoms with Gasteiger partial charge in [-0.1, -0.05) is 23.8 Å². The number of fused-ring (bicyclic) bond motifs is 1. The zero-order valence-corrected chi connectivity index (χ0v) is 20.2. The lowest BCUT2D eigenvalue weighted by Crippen LogP contribution is -2.60. The van der Waals surface area contributed by atoms with Gasteiger partial charge in [0.1, 0.15) is 53.0 Å². The number of hydrogen-bond donors (Lipinski definition) is 7. The average molecular weight is 519 g/mol. The molecule has 4 rings (SSSR count). The lowest BCUT2D eigenvalue weighted by atomic mass is 9.90. The van der Waals surface area contributed by atoms with Crippen molar-refractivity contribution in [2.75, 3.05) is 6.61 Å². The molecule has 0 radical (unpaired) electrons. The van der Waals surface area contributed by atoms with Crippen molar-refractivity contribution in [3.05, 3.63) is 58.7 Å². The molecule has 2 aliphatic heterocycles. The van der Waals surface area contributed by atoms with Crippen molar-refractivity contribution in [1.29, 1.82) is 0 Å². The highest BCUT2D eigenvalue weighted by Crippen LogP contribution is 2.46. The van der Waals surface area contributed by atoms with Gasteiger partial charge in [-0.05, 0) is 38.0 Å². The lowest BCUT2D eigenvalue weighted by molar-refractivity contribution is -0.277. The minimum Gasteiger partial charge on any atom is -0.508 e. The molecule has 0 spiro atoms. The number of ether oxygens (including phenoxy) is 3. The average Bonchev–Trinajstić information content (AvgIpc) is 2.86. The second-order valence-corrected chi connectivity index (χ2v) is 9.31. The van der Waals surface area contributed by atoms with Gasteiger partial charge < -0.3 is 50.0 Å². The van der Waals surface area contributed by atoms with Gasteiger partial charge in [0, 0.05) is 11.6 Å². The van der Waals surface area contributed by atoms with E-state index in [4.69, 9.17) is 14.2 Å². The molecule has 0 unspecified atom stereocenters. The number of ketones is 1. The fraction of sp³-hybridized carbons (Fsp3) is 0.423. The predicted octanol–water partition coefficient (Wildman–Crippen LogP) is 0.462. The molecule has 0 amide bonds.